The first-order chi connectivity index (χ1) is 15.7. The second-order valence-electron chi connectivity index (χ2n) is 9.35. The number of nitriles is 1. The number of amides is 2. The van der Waals surface area contributed by atoms with Crippen LogP contribution in [0.2, 0.25) is 0 Å². The predicted molar refractivity (Wildman–Crippen MR) is 126 cm³/mol. The summed E-state index contributed by atoms with van der Waals surface area (Å²) < 4.78 is 5.37. The summed E-state index contributed by atoms with van der Waals surface area (Å²) in [4.78, 5) is 27.2. The SMILES string of the molecule is CC(C)CC(C)C(C#N)C(=O)N1CCCC[C@H]1COC(=O)N[C@@H](Cc1ccccc1)B(O)O. The summed E-state index contributed by atoms with van der Waals surface area (Å²) in [5, 5.41) is 31.5. The van der Waals surface area contributed by atoms with Crippen LogP contribution < -0.4 is 5.32 Å². The second-order valence-corrected chi connectivity index (χ2v) is 9.35. The van der Waals surface area contributed by atoms with Gasteiger partial charge in [0.05, 0.1) is 18.1 Å². The van der Waals surface area contributed by atoms with Gasteiger partial charge in [0.15, 0.2) is 0 Å². The van der Waals surface area contributed by atoms with Crippen LogP contribution in [0.3, 0.4) is 0 Å². The Balaban J connectivity index is 1.96. The Morgan fingerprint density at radius 2 is 1.94 bits per heavy atom. The molecule has 4 atom stereocenters. The lowest BCUT2D eigenvalue weighted by Gasteiger charge is -2.37. The maximum Gasteiger partial charge on any atom is 0.475 e. The van der Waals surface area contributed by atoms with Gasteiger partial charge in [-0.15, -0.1) is 0 Å². The molecule has 2 rings (SSSR count). The fourth-order valence-electron chi connectivity index (χ4n) is 4.41. The number of benzene rings is 1. The summed E-state index contributed by atoms with van der Waals surface area (Å²) in [6.45, 7) is 6.60. The van der Waals surface area contributed by atoms with E-state index in [9.17, 15) is 24.9 Å². The molecule has 1 aliphatic heterocycles. The lowest BCUT2D eigenvalue weighted by atomic mass is 9.76. The molecular formula is C24H36BN3O5. The molecule has 0 radical (unpaired) electrons. The number of carbonyl (C=O) groups excluding carboxylic acids is 2. The Morgan fingerprint density at radius 3 is 2.55 bits per heavy atom. The van der Waals surface area contributed by atoms with Crippen molar-refractivity contribution in [3.05, 3.63) is 35.9 Å². The van der Waals surface area contributed by atoms with E-state index in [4.69, 9.17) is 4.74 Å². The summed E-state index contributed by atoms with van der Waals surface area (Å²) in [5.74, 6) is -1.52. The maximum atomic E-state index is 13.2. The average molecular weight is 457 g/mol. The Morgan fingerprint density at radius 1 is 1.24 bits per heavy atom. The lowest BCUT2D eigenvalue weighted by Crippen LogP contribution is -2.51. The van der Waals surface area contributed by atoms with Gasteiger partial charge in [0.25, 0.3) is 0 Å². The van der Waals surface area contributed by atoms with Crippen molar-refractivity contribution >= 4 is 19.1 Å². The molecule has 0 bridgehead atoms. The molecule has 9 heteroatoms. The Hall–Kier alpha value is -2.57. The number of likely N-dealkylation sites (tertiary alicyclic amines) is 1. The van der Waals surface area contributed by atoms with Crippen molar-refractivity contribution in [1.82, 2.24) is 10.2 Å². The molecule has 1 aromatic carbocycles. The van der Waals surface area contributed by atoms with E-state index in [-0.39, 0.29) is 30.9 Å². The standard InChI is InChI=1S/C24H36BN3O5/c1-17(2)13-18(3)21(15-26)23(29)28-12-8-7-11-20(28)16-33-24(30)27-22(25(31)32)14-19-9-5-4-6-10-19/h4-6,9-10,17-18,20-22,31-32H,7-8,11-14,16H2,1-3H3,(H,27,30)/t18?,20-,21?,22-/m0/s1. The molecule has 180 valence electrons. The van der Waals surface area contributed by atoms with E-state index in [0.29, 0.717) is 18.9 Å². The van der Waals surface area contributed by atoms with Crippen molar-refractivity contribution in [2.75, 3.05) is 13.2 Å². The third-order valence-electron chi connectivity index (χ3n) is 6.10. The molecule has 1 aromatic rings. The summed E-state index contributed by atoms with van der Waals surface area (Å²) in [6.07, 6.45) is 2.69. The van der Waals surface area contributed by atoms with E-state index >= 15 is 0 Å². The lowest BCUT2D eigenvalue weighted by molar-refractivity contribution is -0.140. The van der Waals surface area contributed by atoms with Crippen LogP contribution >= 0.6 is 0 Å². The van der Waals surface area contributed by atoms with Crippen molar-refractivity contribution in [1.29, 1.82) is 5.26 Å². The van der Waals surface area contributed by atoms with Crippen LogP contribution in [-0.4, -0.2) is 59.2 Å². The highest BCUT2D eigenvalue weighted by Gasteiger charge is 2.35. The van der Waals surface area contributed by atoms with Crippen molar-refractivity contribution in [3.63, 3.8) is 0 Å². The molecule has 2 unspecified atom stereocenters. The molecule has 1 aliphatic rings. The van der Waals surface area contributed by atoms with Crippen LogP contribution in [0, 0.1) is 29.1 Å². The van der Waals surface area contributed by atoms with Gasteiger partial charge in [-0.1, -0.05) is 51.1 Å². The van der Waals surface area contributed by atoms with Crippen molar-refractivity contribution in [3.8, 4) is 6.07 Å². The predicted octanol–water partition coefficient (Wildman–Crippen LogP) is 2.54. The van der Waals surface area contributed by atoms with Crippen LogP contribution in [0.1, 0.15) is 52.0 Å². The van der Waals surface area contributed by atoms with Crippen molar-refractivity contribution in [2.45, 2.75) is 64.9 Å². The van der Waals surface area contributed by atoms with Gasteiger partial charge in [0, 0.05) is 6.54 Å². The molecule has 8 nitrogen and oxygen atoms in total. The first kappa shape index (κ1) is 26.7. The molecule has 1 heterocycles. The van der Waals surface area contributed by atoms with E-state index in [1.165, 1.54) is 0 Å². The molecule has 0 spiro atoms. The number of hydrogen-bond acceptors (Lipinski definition) is 6. The van der Waals surface area contributed by atoms with Gasteiger partial charge in [0.2, 0.25) is 5.91 Å². The van der Waals surface area contributed by atoms with Crippen LogP contribution in [0.25, 0.3) is 0 Å². The first-order valence-electron chi connectivity index (χ1n) is 11.8. The Kier molecular flexibility index (Phi) is 10.7. The Bertz CT molecular complexity index is 799. The van der Waals surface area contributed by atoms with Gasteiger partial charge in [-0.3, -0.25) is 4.79 Å². The number of hydrogen-bond donors (Lipinski definition) is 3. The number of alkyl carbamates (subject to hydrolysis) is 1. The van der Waals surface area contributed by atoms with Crippen molar-refractivity contribution in [2.24, 2.45) is 17.8 Å². The number of nitrogens with one attached hydrogen (secondary N) is 1. The molecular weight excluding hydrogens is 421 g/mol. The number of piperidine rings is 1. The molecule has 0 aliphatic carbocycles. The van der Waals surface area contributed by atoms with E-state index in [2.05, 4.69) is 25.2 Å². The quantitative estimate of drug-likeness (QED) is 0.464. The number of nitrogens with zero attached hydrogens (tertiary/aromatic N) is 2. The highest BCUT2D eigenvalue weighted by molar-refractivity contribution is 6.43. The highest BCUT2D eigenvalue weighted by atomic mass is 16.5. The van der Waals surface area contributed by atoms with Crippen LogP contribution in [0.4, 0.5) is 4.79 Å². The van der Waals surface area contributed by atoms with Crippen LogP contribution in [-0.2, 0) is 16.0 Å². The molecule has 33 heavy (non-hydrogen) atoms. The van der Waals surface area contributed by atoms with Crippen LogP contribution in [0.15, 0.2) is 30.3 Å². The van der Waals surface area contributed by atoms with Gasteiger partial charge in [-0.05, 0) is 49.5 Å². The zero-order chi connectivity index (χ0) is 24.4. The summed E-state index contributed by atoms with van der Waals surface area (Å²) in [6, 6.07) is 11.1. The molecule has 0 saturated carbocycles. The molecule has 2 amide bonds. The fraction of sp³-hybridized carbons (Fsp3) is 0.625. The van der Waals surface area contributed by atoms with E-state index in [1.807, 2.05) is 37.3 Å². The second kappa shape index (κ2) is 13.2. The van der Waals surface area contributed by atoms with E-state index in [0.717, 1.165) is 24.8 Å². The fourth-order valence-corrected chi connectivity index (χ4v) is 4.41. The summed E-state index contributed by atoms with van der Waals surface area (Å²) in [7, 11) is -1.75. The monoisotopic (exact) mass is 457 g/mol. The smallest absolute Gasteiger partial charge is 0.447 e. The minimum atomic E-state index is -1.75. The average Bonchev–Trinajstić information content (AvgIpc) is 2.78. The third-order valence-corrected chi connectivity index (χ3v) is 6.10. The normalized spacial score (nSPS) is 18.7. The van der Waals surface area contributed by atoms with Crippen molar-refractivity contribution < 1.29 is 24.4 Å². The van der Waals surface area contributed by atoms with E-state index in [1.54, 1.807) is 4.90 Å². The minimum absolute atomic E-state index is 0.00609. The zero-order valence-electron chi connectivity index (χ0n) is 19.8. The number of rotatable bonds is 10. The van der Waals surface area contributed by atoms with Gasteiger partial charge < -0.3 is 25.0 Å². The molecule has 1 saturated heterocycles. The highest BCUT2D eigenvalue weighted by Crippen LogP contribution is 2.26. The topological polar surface area (TPSA) is 123 Å². The maximum absolute atomic E-state index is 13.2. The molecule has 3 N–H and O–H groups in total. The molecule has 1 fully saturated rings. The Labute approximate surface area is 197 Å². The summed E-state index contributed by atoms with van der Waals surface area (Å²) >= 11 is 0. The van der Waals surface area contributed by atoms with Gasteiger partial charge in [0.1, 0.15) is 12.5 Å². The minimum Gasteiger partial charge on any atom is -0.447 e. The first-order valence-corrected chi connectivity index (χ1v) is 11.8. The van der Waals surface area contributed by atoms with Gasteiger partial charge >= 0.3 is 13.2 Å². The summed E-state index contributed by atoms with van der Waals surface area (Å²) in [5.41, 5.74) is 0.845. The number of carbonyl (C=O) groups is 2. The van der Waals surface area contributed by atoms with Crippen LogP contribution in [0.5, 0.6) is 0 Å². The van der Waals surface area contributed by atoms with E-state index < -0.39 is 25.1 Å². The third kappa shape index (κ3) is 8.37. The largest absolute Gasteiger partial charge is 0.475 e. The molecule has 0 aromatic heterocycles. The number of ether oxygens (including phenoxy) is 1. The van der Waals surface area contributed by atoms with Gasteiger partial charge in [-0.2, -0.15) is 5.26 Å². The van der Waals surface area contributed by atoms with Gasteiger partial charge in [-0.25, -0.2) is 4.79 Å². The zero-order valence-corrected chi connectivity index (χ0v) is 19.8.